The zero-order valence-electron chi connectivity index (χ0n) is 10.6. The molecule has 0 aliphatic rings. The van der Waals surface area contributed by atoms with Gasteiger partial charge in [0.15, 0.2) is 0 Å². The van der Waals surface area contributed by atoms with E-state index in [-0.39, 0.29) is 22.3 Å². The van der Waals surface area contributed by atoms with Crippen molar-refractivity contribution in [3.05, 3.63) is 70.3 Å². The lowest BCUT2D eigenvalue weighted by Crippen LogP contribution is -2.10. The lowest BCUT2D eigenvalue weighted by molar-refractivity contribution is 0.0691. The van der Waals surface area contributed by atoms with Crippen LogP contribution in [0.1, 0.15) is 33.2 Å². The van der Waals surface area contributed by atoms with Crippen LogP contribution in [0.5, 0.6) is 0 Å². The molecular weight excluding hydrogens is 266 g/mol. The van der Waals surface area contributed by atoms with Gasteiger partial charge < -0.3 is 10.2 Å². The van der Waals surface area contributed by atoms with Crippen LogP contribution in [0.3, 0.4) is 0 Å². The Morgan fingerprint density at radius 3 is 2.40 bits per heavy atom. The molecule has 2 rings (SSSR count). The zero-order valence-corrected chi connectivity index (χ0v) is 10.6. The standard InChI is InChI=1S/C15H12F2O3/c1-8-6-13(17)11(7-12(8)16)14(18)9-4-2-3-5-10(9)15(19)20/h2-7,14,18H,1H3,(H,19,20). The van der Waals surface area contributed by atoms with Crippen LogP contribution in [0.25, 0.3) is 0 Å². The molecule has 0 saturated heterocycles. The first-order valence-electron chi connectivity index (χ1n) is 5.87. The Morgan fingerprint density at radius 2 is 1.75 bits per heavy atom. The van der Waals surface area contributed by atoms with Gasteiger partial charge in [0.25, 0.3) is 0 Å². The zero-order chi connectivity index (χ0) is 14.9. The van der Waals surface area contributed by atoms with E-state index in [0.717, 1.165) is 12.1 Å². The Bertz CT molecular complexity index is 668. The Hall–Kier alpha value is -2.27. The number of rotatable bonds is 3. The highest BCUT2D eigenvalue weighted by atomic mass is 19.1. The van der Waals surface area contributed by atoms with Gasteiger partial charge >= 0.3 is 5.97 Å². The highest BCUT2D eigenvalue weighted by Crippen LogP contribution is 2.28. The summed E-state index contributed by atoms with van der Waals surface area (Å²) in [5, 5.41) is 19.2. The molecule has 0 saturated carbocycles. The molecule has 1 atom stereocenters. The number of carboxylic acids is 1. The largest absolute Gasteiger partial charge is 0.478 e. The molecule has 3 nitrogen and oxygen atoms in total. The molecule has 0 aliphatic heterocycles. The molecule has 104 valence electrons. The summed E-state index contributed by atoms with van der Waals surface area (Å²) in [5.74, 6) is -2.68. The fraction of sp³-hybridized carbons (Fsp3) is 0.133. The third-order valence-electron chi connectivity index (χ3n) is 3.06. The fourth-order valence-electron chi connectivity index (χ4n) is 1.97. The van der Waals surface area contributed by atoms with Gasteiger partial charge in [-0.2, -0.15) is 0 Å². The molecule has 2 N–H and O–H groups in total. The van der Waals surface area contributed by atoms with Gasteiger partial charge in [0.05, 0.1) is 5.56 Å². The second-order valence-electron chi connectivity index (χ2n) is 4.42. The highest BCUT2D eigenvalue weighted by Gasteiger charge is 2.21. The number of aromatic carboxylic acids is 1. The molecule has 0 aliphatic carbocycles. The van der Waals surface area contributed by atoms with Crippen LogP contribution >= 0.6 is 0 Å². The van der Waals surface area contributed by atoms with Crippen LogP contribution in [-0.4, -0.2) is 16.2 Å². The lowest BCUT2D eigenvalue weighted by Gasteiger charge is -2.15. The van der Waals surface area contributed by atoms with E-state index in [0.29, 0.717) is 0 Å². The van der Waals surface area contributed by atoms with Crippen LogP contribution in [0.15, 0.2) is 36.4 Å². The predicted octanol–water partition coefficient (Wildman–Crippen LogP) is 3.05. The molecular formula is C15H12F2O3. The lowest BCUT2D eigenvalue weighted by atomic mass is 9.95. The number of aliphatic hydroxyl groups excluding tert-OH is 1. The van der Waals surface area contributed by atoms with Gasteiger partial charge in [-0.05, 0) is 36.2 Å². The van der Waals surface area contributed by atoms with Gasteiger partial charge in [-0.3, -0.25) is 0 Å². The summed E-state index contributed by atoms with van der Waals surface area (Å²) in [5.41, 5.74) is -0.311. The number of hydrogen-bond donors (Lipinski definition) is 2. The van der Waals surface area contributed by atoms with E-state index >= 15 is 0 Å². The van der Waals surface area contributed by atoms with E-state index in [1.807, 2.05) is 0 Å². The molecule has 0 amide bonds. The topological polar surface area (TPSA) is 57.5 Å². The monoisotopic (exact) mass is 278 g/mol. The summed E-state index contributed by atoms with van der Waals surface area (Å²) in [6, 6.07) is 7.53. The summed E-state index contributed by atoms with van der Waals surface area (Å²) in [4.78, 5) is 11.1. The van der Waals surface area contributed by atoms with Crippen LogP contribution in [0.4, 0.5) is 8.78 Å². The summed E-state index contributed by atoms with van der Waals surface area (Å²) in [7, 11) is 0. The summed E-state index contributed by atoms with van der Waals surface area (Å²) in [6.07, 6.45) is -1.54. The SMILES string of the molecule is Cc1cc(F)c(C(O)c2ccccc2C(=O)O)cc1F. The smallest absolute Gasteiger partial charge is 0.336 e. The van der Waals surface area contributed by atoms with Gasteiger partial charge in [-0.1, -0.05) is 18.2 Å². The molecule has 1 unspecified atom stereocenters. The normalized spacial score (nSPS) is 12.2. The number of halogens is 2. The summed E-state index contributed by atoms with van der Waals surface area (Å²) in [6.45, 7) is 1.40. The van der Waals surface area contributed by atoms with Gasteiger partial charge in [-0.15, -0.1) is 0 Å². The van der Waals surface area contributed by atoms with E-state index < -0.39 is 23.7 Å². The quantitative estimate of drug-likeness (QED) is 0.907. The maximum Gasteiger partial charge on any atom is 0.336 e. The first kappa shape index (κ1) is 14.1. The van der Waals surface area contributed by atoms with Crippen LogP contribution in [-0.2, 0) is 0 Å². The van der Waals surface area contributed by atoms with E-state index in [9.17, 15) is 18.7 Å². The average Bonchev–Trinajstić information content (AvgIpc) is 2.42. The molecule has 0 heterocycles. The minimum atomic E-state index is -1.54. The minimum Gasteiger partial charge on any atom is -0.478 e. The van der Waals surface area contributed by atoms with Crippen molar-refractivity contribution in [2.24, 2.45) is 0 Å². The van der Waals surface area contributed by atoms with Gasteiger partial charge in [0.2, 0.25) is 0 Å². The summed E-state index contributed by atoms with van der Waals surface area (Å²) < 4.78 is 27.3. The molecule has 0 spiro atoms. The van der Waals surface area contributed by atoms with Crippen molar-refractivity contribution >= 4 is 5.97 Å². The average molecular weight is 278 g/mol. The third kappa shape index (κ3) is 2.53. The number of benzene rings is 2. The molecule has 2 aromatic rings. The second kappa shape index (κ2) is 5.38. The van der Waals surface area contributed by atoms with Gasteiger partial charge in [0, 0.05) is 5.56 Å². The number of aliphatic hydroxyl groups is 1. The Labute approximate surface area is 114 Å². The van der Waals surface area contributed by atoms with E-state index in [1.54, 1.807) is 0 Å². The van der Waals surface area contributed by atoms with Crippen LogP contribution < -0.4 is 0 Å². The van der Waals surface area contributed by atoms with Crippen molar-refractivity contribution in [1.29, 1.82) is 0 Å². The van der Waals surface area contributed by atoms with E-state index in [2.05, 4.69) is 0 Å². The van der Waals surface area contributed by atoms with Crippen LogP contribution in [0, 0.1) is 18.6 Å². The molecule has 0 aromatic heterocycles. The molecule has 2 aromatic carbocycles. The Morgan fingerprint density at radius 1 is 1.10 bits per heavy atom. The first-order valence-corrected chi connectivity index (χ1v) is 5.87. The molecule has 20 heavy (non-hydrogen) atoms. The molecule has 0 fully saturated rings. The third-order valence-corrected chi connectivity index (χ3v) is 3.06. The maximum atomic E-state index is 13.8. The fourth-order valence-corrected chi connectivity index (χ4v) is 1.97. The van der Waals surface area contributed by atoms with Crippen molar-refractivity contribution in [1.82, 2.24) is 0 Å². The van der Waals surface area contributed by atoms with Crippen molar-refractivity contribution in [2.75, 3.05) is 0 Å². The minimum absolute atomic E-state index is 0.0159. The molecule has 0 bridgehead atoms. The van der Waals surface area contributed by atoms with Gasteiger partial charge in [0.1, 0.15) is 17.7 Å². The van der Waals surface area contributed by atoms with E-state index in [4.69, 9.17) is 5.11 Å². The summed E-state index contributed by atoms with van der Waals surface area (Å²) >= 11 is 0. The number of carbonyl (C=O) groups is 1. The number of aryl methyl sites for hydroxylation is 1. The Balaban J connectivity index is 2.55. The number of hydrogen-bond acceptors (Lipinski definition) is 2. The predicted molar refractivity (Wildman–Crippen MR) is 68.6 cm³/mol. The van der Waals surface area contributed by atoms with Crippen molar-refractivity contribution < 1.29 is 23.8 Å². The Kier molecular flexibility index (Phi) is 3.81. The molecule has 5 heteroatoms. The van der Waals surface area contributed by atoms with Crippen molar-refractivity contribution in [3.8, 4) is 0 Å². The second-order valence-corrected chi connectivity index (χ2v) is 4.42. The number of carboxylic acid groups (broad SMARTS) is 1. The highest BCUT2D eigenvalue weighted by molar-refractivity contribution is 5.89. The molecule has 0 radical (unpaired) electrons. The van der Waals surface area contributed by atoms with Crippen molar-refractivity contribution in [2.45, 2.75) is 13.0 Å². The van der Waals surface area contributed by atoms with Crippen molar-refractivity contribution in [3.63, 3.8) is 0 Å². The van der Waals surface area contributed by atoms with Crippen LogP contribution in [0.2, 0.25) is 0 Å². The first-order chi connectivity index (χ1) is 9.41. The maximum absolute atomic E-state index is 13.8. The van der Waals surface area contributed by atoms with E-state index in [1.165, 1.54) is 31.2 Å². The van der Waals surface area contributed by atoms with Gasteiger partial charge in [-0.25, -0.2) is 13.6 Å².